The largest absolute Gasteiger partial charge is 0.494 e. The molecular formula is C26H28F4N8O2. The van der Waals surface area contributed by atoms with Gasteiger partial charge in [-0.2, -0.15) is 0 Å². The number of anilines is 2. The Morgan fingerprint density at radius 2 is 1.90 bits per heavy atom. The molecular weight excluding hydrogens is 532 g/mol. The number of ether oxygens (including phenoxy) is 1. The summed E-state index contributed by atoms with van der Waals surface area (Å²) in [5.41, 5.74) is 12.7. The summed E-state index contributed by atoms with van der Waals surface area (Å²) in [6.07, 6.45) is 0.612. The summed E-state index contributed by atoms with van der Waals surface area (Å²) in [5, 5.41) is 10.3. The van der Waals surface area contributed by atoms with Gasteiger partial charge in [0, 0.05) is 24.7 Å². The summed E-state index contributed by atoms with van der Waals surface area (Å²) in [4.78, 5) is 18.7. The van der Waals surface area contributed by atoms with Crippen molar-refractivity contribution in [2.24, 2.45) is 5.73 Å². The van der Waals surface area contributed by atoms with Crippen molar-refractivity contribution in [2.75, 3.05) is 30.8 Å². The molecule has 4 aromatic rings. The maximum atomic E-state index is 15.0. The van der Waals surface area contributed by atoms with E-state index in [-0.39, 0.29) is 42.3 Å². The van der Waals surface area contributed by atoms with Crippen molar-refractivity contribution in [3.05, 3.63) is 54.2 Å². The van der Waals surface area contributed by atoms with E-state index in [9.17, 15) is 22.7 Å². The van der Waals surface area contributed by atoms with Crippen LogP contribution in [0.1, 0.15) is 24.8 Å². The number of aliphatic hydroxyl groups excluding tert-OH is 1. The van der Waals surface area contributed by atoms with Gasteiger partial charge in [-0.1, -0.05) is 0 Å². The quantitative estimate of drug-likeness (QED) is 0.291. The van der Waals surface area contributed by atoms with Crippen LogP contribution in [0.2, 0.25) is 0 Å². The average Bonchev–Trinajstić information content (AvgIpc) is 3.23. The summed E-state index contributed by atoms with van der Waals surface area (Å²) < 4.78 is 63.1. The number of halogens is 4. The van der Waals surface area contributed by atoms with E-state index in [4.69, 9.17) is 16.2 Å². The van der Waals surface area contributed by atoms with Crippen LogP contribution >= 0.6 is 0 Å². The molecule has 5 rings (SSSR count). The predicted octanol–water partition coefficient (Wildman–Crippen LogP) is 3.12. The minimum atomic E-state index is -3.01. The average molecular weight is 561 g/mol. The Hall–Kier alpha value is -4.04. The molecule has 1 aliphatic heterocycles. The van der Waals surface area contributed by atoms with E-state index >= 15 is 0 Å². The van der Waals surface area contributed by atoms with Crippen molar-refractivity contribution in [2.45, 2.75) is 43.9 Å². The number of aromatic nitrogens is 5. The number of nitrogen functional groups attached to an aromatic ring is 1. The number of nitrogens with two attached hydrogens (primary N) is 2. The Balaban J connectivity index is 1.62. The molecule has 14 heteroatoms. The molecule has 0 aliphatic carbocycles. The van der Waals surface area contributed by atoms with Crippen LogP contribution in [0.3, 0.4) is 0 Å². The van der Waals surface area contributed by atoms with Gasteiger partial charge < -0.3 is 30.8 Å². The lowest BCUT2D eigenvalue weighted by Gasteiger charge is -2.37. The SMILES string of the molecule is COc1cc(F)c(-c2cc(Cn3cnc4c(N)ncnc43)c(N3CCCC[C@](N)([C@H](O)C(F)F)C3)cn2)cc1F. The highest BCUT2D eigenvalue weighted by atomic mass is 19.3. The van der Waals surface area contributed by atoms with Gasteiger partial charge in [0.2, 0.25) is 0 Å². The summed E-state index contributed by atoms with van der Waals surface area (Å²) in [7, 11) is 1.23. The summed E-state index contributed by atoms with van der Waals surface area (Å²) in [5.74, 6) is -1.56. The maximum Gasteiger partial charge on any atom is 0.265 e. The van der Waals surface area contributed by atoms with Gasteiger partial charge >= 0.3 is 0 Å². The van der Waals surface area contributed by atoms with Crippen LogP contribution in [0.25, 0.3) is 22.4 Å². The molecule has 1 fully saturated rings. The van der Waals surface area contributed by atoms with Crippen molar-refractivity contribution in [1.82, 2.24) is 24.5 Å². The second kappa shape index (κ2) is 10.8. The molecule has 0 unspecified atom stereocenters. The van der Waals surface area contributed by atoms with Crippen LogP contribution in [-0.4, -0.2) is 67.9 Å². The zero-order valence-electron chi connectivity index (χ0n) is 21.6. The Kier molecular flexibility index (Phi) is 7.47. The van der Waals surface area contributed by atoms with Gasteiger partial charge in [0.1, 0.15) is 23.8 Å². The van der Waals surface area contributed by atoms with E-state index in [1.807, 2.05) is 0 Å². The van der Waals surface area contributed by atoms with Gasteiger partial charge in [-0.15, -0.1) is 0 Å². The first-order valence-electron chi connectivity index (χ1n) is 12.5. The summed E-state index contributed by atoms with van der Waals surface area (Å²) in [6.45, 7) is 0.523. The third-order valence-electron chi connectivity index (χ3n) is 7.23. The number of nitrogens with zero attached hydrogens (tertiary/aromatic N) is 6. The molecule has 212 valence electrons. The van der Waals surface area contributed by atoms with Crippen molar-refractivity contribution < 1.29 is 27.4 Å². The molecule has 10 nitrogen and oxygen atoms in total. The fourth-order valence-electron chi connectivity index (χ4n) is 5.10. The second-order valence-corrected chi connectivity index (χ2v) is 9.86. The van der Waals surface area contributed by atoms with Gasteiger partial charge in [-0.3, -0.25) is 4.98 Å². The monoisotopic (exact) mass is 560 g/mol. The topological polar surface area (TPSA) is 141 Å². The van der Waals surface area contributed by atoms with E-state index in [0.29, 0.717) is 41.8 Å². The summed E-state index contributed by atoms with van der Waals surface area (Å²) >= 11 is 0. The van der Waals surface area contributed by atoms with Gasteiger partial charge in [0.15, 0.2) is 23.0 Å². The first-order valence-corrected chi connectivity index (χ1v) is 12.5. The summed E-state index contributed by atoms with van der Waals surface area (Å²) in [6, 6.07) is 3.52. The Morgan fingerprint density at radius 3 is 2.65 bits per heavy atom. The van der Waals surface area contributed by atoms with Crippen LogP contribution in [0.15, 0.2) is 37.1 Å². The van der Waals surface area contributed by atoms with Crippen molar-refractivity contribution in [3.63, 3.8) is 0 Å². The molecule has 1 aliphatic rings. The number of methoxy groups -OCH3 is 1. The Bertz CT molecular complexity index is 1530. The second-order valence-electron chi connectivity index (χ2n) is 9.86. The molecule has 0 spiro atoms. The van der Waals surface area contributed by atoms with Crippen LogP contribution in [-0.2, 0) is 6.54 Å². The number of pyridine rings is 1. The number of hydrogen-bond donors (Lipinski definition) is 3. The number of hydrogen-bond acceptors (Lipinski definition) is 9. The molecule has 0 saturated carbocycles. The minimum Gasteiger partial charge on any atom is -0.494 e. The molecule has 2 atom stereocenters. The third kappa shape index (κ3) is 5.11. The zero-order valence-corrected chi connectivity index (χ0v) is 21.6. The maximum absolute atomic E-state index is 15.0. The van der Waals surface area contributed by atoms with Gasteiger partial charge in [-0.05, 0) is 37.0 Å². The molecule has 1 saturated heterocycles. The molecule has 4 heterocycles. The molecule has 1 aromatic carbocycles. The standard InChI is InChI=1S/C26H28F4N8O2/c1-40-20-8-16(27)15(7-17(20)28)18-6-14(10-38-13-36-21-24(31)34-12-35-25(21)38)19(9-33-18)37-5-3-2-4-26(32,11-37)22(39)23(29)30/h6-9,12-13,22-23,39H,2-5,10-11,32H2,1H3,(H2,31,34,35)/t22-,26-/m1/s1. The third-order valence-corrected chi connectivity index (χ3v) is 7.23. The van der Waals surface area contributed by atoms with Crippen LogP contribution in [0, 0.1) is 11.6 Å². The molecule has 3 aromatic heterocycles. The number of fused-ring (bicyclic) bond motifs is 1. The van der Waals surface area contributed by atoms with E-state index in [1.165, 1.54) is 26.0 Å². The van der Waals surface area contributed by atoms with Gasteiger partial charge in [0.25, 0.3) is 6.43 Å². The fraction of sp³-hybridized carbons (Fsp3) is 0.385. The van der Waals surface area contributed by atoms with Crippen molar-refractivity contribution >= 4 is 22.7 Å². The lowest BCUT2D eigenvalue weighted by atomic mass is 9.88. The smallest absolute Gasteiger partial charge is 0.265 e. The number of aliphatic hydroxyl groups is 1. The highest BCUT2D eigenvalue weighted by Gasteiger charge is 2.42. The Morgan fingerprint density at radius 1 is 1.10 bits per heavy atom. The van der Waals surface area contributed by atoms with Crippen LogP contribution < -0.4 is 21.1 Å². The Labute approximate surface area is 226 Å². The van der Waals surface area contributed by atoms with Crippen molar-refractivity contribution in [3.8, 4) is 17.0 Å². The lowest BCUT2D eigenvalue weighted by Crippen LogP contribution is -2.60. The molecule has 40 heavy (non-hydrogen) atoms. The highest BCUT2D eigenvalue weighted by Crippen LogP contribution is 2.34. The molecule has 0 radical (unpaired) electrons. The lowest BCUT2D eigenvalue weighted by molar-refractivity contribution is -0.0491. The van der Waals surface area contributed by atoms with E-state index in [0.717, 1.165) is 12.1 Å². The van der Waals surface area contributed by atoms with Crippen LogP contribution in [0.4, 0.5) is 29.1 Å². The zero-order chi connectivity index (χ0) is 28.6. The van der Waals surface area contributed by atoms with E-state index in [2.05, 4.69) is 19.9 Å². The van der Waals surface area contributed by atoms with E-state index in [1.54, 1.807) is 15.5 Å². The predicted molar refractivity (Wildman–Crippen MR) is 140 cm³/mol. The number of benzene rings is 1. The molecule has 0 amide bonds. The van der Waals surface area contributed by atoms with Crippen molar-refractivity contribution in [1.29, 1.82) is 0 Å². The van der Waals surface area contributed by atoms with Crippen LogP contribution in [0.5, 0.6) is 5.75 Å². The first kappa shape index (κ1) is 27.5. The number of rotatable bonds is 7. The first-order chi connectivity index (χ1) is 19.1. The van der Waals surface area contributed by atoms with E-state index < -0.39 is 29.7 Å². The normalized spacial score (nSPS) is 18.8. The molecule has 0 bridgehead atoms. The van der Waals surface area contributed by atoms with Gasteiger partial charge in [0.05, 0.1) is 43.1 Å². The molecule has 5 N–H and O–H groups in total. The van der Waals surface area contributed by atoms with Gasteiger partial charge in [-0.25, -0.2) is 32.5 Å². The minimum absolute atomic E-state index is 0.0716. The highest BCUT2D eigenvalue weighted by molar-refractivity contribution is 5.81. The number of alkyl halides is 2. The fourth-order valence-corrected chi connectivity index (χ4v) is 5.10. The number of imidazole rings is 1.